The second-order valence-corrected chi connectivity index (χ2v) is 4.91. The topological polar surface area (TPSA) is 52.5 Å². The van der Waals surface area contributed by atoms with Gasteiger partial charge in [0.15, 0.2) is 5.96 Å². The zero-order chi connectivity index (χ0) is 17.3. The minimum absolute atomic E-state index is 0. The summed E-state index contributed by atoms with van der Waals surface area (Å²) >= 11 is 0. The SMILES string of the molecule is CCN(CC)c1ccc(CNC(=NC)NCCC(F)(F)F)cn1.I. The lowest BCUT2D eigenvalue weighted by Crippen LogP contribution is -2.38. The van der Waals surface area contributed by atoms with E-state index < -0.39 is 12.6 Å². The zero-order valence-corrected chi connectivity index (χ0v) is 16.5. The van der Waals surface area contributed by atoms with E-state index >= 15 is 0 Å². The van der Waals surface area contributed by atoms with Gasteiger partial charge in [0, 0.05) is 39.4 Å². The molecule has 0 spiro atoms. The van der Waals surface area contributed by atoms with E-state index in [9.17, 15) is 13.2 Å². The lowest BCUT2D eigenvalue weighted by Gasteiger charge is -2.19. The highest BCUT2D eigenvalue weighted by Crippen LogP contribution is 2.18. The fourth-order valence-electron chi connectivity index (χ4n) is 1.98. The molecule has 0 amide bonds. The molecule has 138 valence electrons. The van der Waals surface area contributed by atoms with Crippen molar-refractivity contribution in [1.29, 1.82) is 0 Å². The highest BCUT2D eigenvalue weighted by Gasteiger charge is 2.26. The van der Waals surface area contributed by atoms with Crippen molar-refractivity contribution in [2.75, 3.05) is 31.6 Å². The average Bonchev–Trinajstić information content (AvgIpc) is 2.52. The Morgan fingerprint density at radius 1 is 1.21 bits per heavy atom. The van der Waals surface area contributed by atoms with Gasteiger partial charge < -0.3 is 15.5 Å². The van der Waals surface area contributed by atoms with Crippen molar-refractivity contribution in [3.05, 3.63) is 23.9 Å². The maximum Gasteiger partial charge on any atom is 0.390 e. The van der Waals surface area contributed by atoms with Crippen molar-refractivity contribution in [3.8, 4) is 0 Å². The van der Waals surface area contributed by atoms with Crippen LogP contribution in [-0.4, -0.2) is 43.8 Å². The van der Waals surface area contributed by atoms with E-state index in [2.05, 4.69) is 39.4 Å². The molecule has 0 bridgehead atoms. The number of rotatable bonds is 7. The first kappa shape index (κ1) is 22.7. The summed E-state index contributed by atoms with van der Waals surface area (Å²) in [5, 5.41) is 5.60. The molecule has 24 heavy (non-hydrogen) atoms. The van der Waals surface area contributed by atoms with Gasteiger partial charge >= 0.3 is 6.18 Å². The highest BCUT2D eigenvalue weighted by molar-refractivity contribution is 14.0. The van der Waals surface area contributed by atoms with Gasteiger partial charge in [0.05, 0.1) is 6.42 Å². The molecular weight excluding hydrogens is 434 g/mol. The quantitative estimate of drug-likeness (QED) is 0.374. The number of anilines is 1. The van der Waals surface area contributed by atoms with Crippen LogP contribution < -0.4 is 15.5 Å². The Balaban J connectivity index is 0.00000529. The van der Waals surface area contributed by atoms with Gasteiger partial charge in [-0.3, -0.25) is 4.99 Å². The van der Waals surface area contributed by atoms with Crippen LogP contribution in [0.3, 0.4) is 0 Å². The first-order chi connectivity index (χ1) is 10.9. The van der Waals surface area contributed by atoms with Crippen LogP contribution >= 0.6 is 24.0 Å². The van der Waals surface area contributed by atoms with Crippen molar-refractivity contribution in [2.24, 2.45) is 4.99 Å². The van der Waals surface area contributed by atoms with Crippen LogP contribution in [0, 0.1) is 0 Å². The molecule has 0 unspecified atom stereocenters. The predicted molar refractivity (Wildman–Crippen MR) is 102 cm³/mol. The molecule has 0 aliphatic heterocycles. The summed E-state index contributed by atoms with van der Waals surface area (Å²) in [6.07, 6.45) is -3.31. The normalized spacial score (nSPS) is 11.7. The predicted octanol–water partition coefficient (Wildman–Crippen LogP) is 3.16. The first-order valence-electron chi connectivity index (χ1n) is 7.60. The minimum Gasteiger partial charge on any atom is -0.357 e. The molecule has 1 heterocycles. The van der Waals surface area contributed by atoms with E-state index in [1.54, 1.807) is 6.20 Å². The third kappa shape index (κ3) is 8.55. The number of alkyl halides is 3. The fourth-order valence-corrected chi connectivity index (χ4v) is 1.98. The molecule has 1 aromatic heterocycles. The van der Waals surface area contributed by atoms with Crippen LogP contribution in [0.5, 0.6) is 0 Å². The largest absolute Gasteiger partial charge is 0.390 e. The van der Waals surface area contributed by atoms with Gasteiger partial charge in [-0.05, 0) is 25.5 Å². The maximum atomic E-state index is 12.1. The molecule has 0 fully saturated rings. The van der Waals surface area contributed by atoms with Crippen LogP contribution in [0.4, 0.5) is 19.0 Å². The molecule has 1 rings (SSSR count). The molecule has 0 atom stereocenters. The van der Waals surface area contributed by atoms with Gasteiger partial charge in [-0.1, -0.05) is 6.07 Å². The van der Waals surface area contributed by atoms with Gasteiger partial charge in [-0.25, -0.2) is 4.98 Å². The van der Waals surface area contributed by atoms with Gasteiger partial charge in [-0.2, -0.15) is 13.2 Å². The summed E-state index contributed by atoms with van der Waals surface area (Å²) in [5.74, 6) is 1.24. The van der Waals surface area contributed by atoms with Crippen LogP contribution in [0.1, 0.15) is 25.8 Å². The Morgan fingerprint density at radius 2 is 1.88 bits per heavy atom. The molecule has 5 nitrogen and oxygen atoms in total. The molecular formula is C15H25F3IN5. The number of aliphatic imine (C=N–C) groups is 1. The van der Waals surface area contributed by atoms with Crippen molar-refractivity contribution in [1.82, 2.24) is 15.6 Å². The Hall–Kier alpha value is -1.26. The minimum atomic E-state index is -4.17. The lowest BCUT2D eigenvalue weighted by molar-refractivity contribution is -0.132. The van der Waals surface area contributed by atoms with Gasteiger partial charge in [0.2, 0.25) is 0 Å². The van der Waals surface area contributed by atoms with Crippen molar-refractivity contribution < 1.29 is 13.2 Å². The molecule has 0 aliphatic rings. The first-order valence-corrected chi connectivity index (χ1v) is 7.60. The summed E-state index contributed by atoms with van der Waals surface area (Å²) in [5.41, 5.74) is 0.930. The lowest BCUT2D eigenvalue weighted by atomic mass is 10.2. The average molecular weight is 459 g/mol. The number of nitrogens with one attached hydrogen (secondary N) is 2. The van der Waals surface area contributed by atoms with E-state index in [1.165, 1.54) is 7.05 Å². The summed E-state index contributed by atoms with van der Waals surface area (Å²) < 4.78 is 36.3. The summed E-state index contributed by atoms with van der Waals surface area (Å²) in [6, 6.07) is 3.88. The Kier molecular flexibility index (Phi) is 10.7. The Labute approximate surface area is 158 Å². The number of hydrogen-bond acceptors (Lipinski definition) is 3. The van der Waals surface area contributed by atoms with Crippen molar-refractivity contribution in [3.63, 3.8) is 0 Å². The van der Waals surface area contributed by atoms with E-state index in [4.69, 9.17) is 0 Å². The molecule has 0 saturated heterocycles. The van der Waals surface area contributed by atoms with E-state index in [0.717, 1.165) is 24.5 Å². The monoisotopic (exact) mass is 459 g/mol. The number of guanidine groups is 1. The molecule has 0 radical (unpaired) electrons. The van der Waals surface area contributed by atoms with Gasteiger partial charge in [0.1, 0.15) is 5.82 Å². The molecule has 9 heteroatoms. The van der Waals surface area contributed by atoms with Crippen LogP contribution in [-0.2, 0) is 6.54 Å². The van der Waals surface area contributed by atoms with Crippen molar-refractivity contribution in [2.45, 2.75) is 33.0 Å². The molecule has 2 N–H and O–H groups in total. The van der Waals surface area contributed by atoms with Gasteiger partial charge in [0.25, 0.3) is 0 Å². The Morgan fingerprint density at radius 3 is 2.33 bits per heavy atom. The van der Waals surface area contributed by atoms with Gasteiger partial charge in [-0.15, -0.1) is 24.0 Å². The molecule has 0 saturated carbocycles. The number of hydrogen-bond donors (Lipinski definition) is 2. The van der Waals surface area contributed by atoms with Crippen LogP contribution in [0.15, 0.2) is 23.3 Å². The highest BCUT2D eigenvalue weighted by atomic mass is 127. The van der Waals surface area contributed by atoms with Crippen LogP contribution in [0.2, 0.25) is 0 Å². The van der Waals surface area contributed by atoms with Crippen molar-refractivity contribution >= 4 is 35.8 Å². The molecule has 0 aromatic carbocycles. The Bertz CT molecular complexity index is 487. The number of halogens is 4. The fraction of sp³-hybridized carbons (Fsp3) is 0.600. The van der Waals surface area contributed by atoms with E-state index in [1.807, 2.05) is 12.1 Å². The second kappa shape index (κ2) is 11.3. The zero-order valence-electron chi connectivity index (χ0n) is 14.2. The standard InChI is InChI=1S/C15H24F3N5.HI/c1-4-23(5-2)13-7-6-12(10-21-13)11-22-14(19-3)20-9-8-15(16,17)18;/h6-7,10H,4-5,8-9,11H2,1-3H3,(H2,19,20,22);1H. The second-order valence-electron chi connectivity index (χ2n) is 4.91. The number of pyridine rings is 1. The number of nitrogens with zero attached hydrogens (tertiary/aromatic N) is 3. The maximum absolute atomic E-state index is 12.1. The van der Waals surface area contributed by atoms with Crippen LogP contribution in [0.25, 0.3) is 0 Å². The summed E-state index contributed by atoms with van der Waals surface area (Å²) in [4.78, 5) is 10.4. The smallest absolute Gasteiger partial charge is 0.357 e. The number of aromatic nitrogens is 1. The third-order valence-electron chi connectivity index (χ3n) is 3.28. The molecule has 1 aromatic rings. The summed E-state index contributed by atoms with van der Waals surface area (Å²) in [6.45, 7) is 6.14. The van der Waals surface area contributed by atoms with E-state index in [0.29, 0.717) is 12.5 Å². The van der Waals surface area contributed by atoms with E-state index in [-0.39, 0.29) is 30.5 Å². The summed E-state index contributed by atoms with van der Waals surface area (Å²) in [7, 11) is 1.52. The third-order valence-corrected chi connectivity index (χ3v) is 3.28. The molecule has 0 aliphatic carbocycles.